The molecule has 2 aromatic rings. The fourth-order valence-electron chi connectivity index (χ4n) is 3.57. The Kier molecular flexibility index (Phi) is 4.61. The number of fused-ring (bicyclic) bond motifs is 1. The molecule has 1 aliphatic carbocycles. The number of halogens is 1. The molecule has 1 amide bonds. The highest BCUT2D eigenvalue weighted by molar-refractivity contribution is 6.04. The van der Waals surface area contributed by atoms with E-state index in [1.807, 2.05) is 18.7 Å². The van der Waals surface area contributed by atoms with Gasteiger partial charge in [-0.1, -0.05) is 0 Å². The Hall–Kier alpha value is -2.08. The van der Waals surface area contributed by atoms with E-state index in [0.717, 1.165) is 36.7 Å². The van der Waals surface area contributed by atoms with E-state index in [1.54, 1.807) is 0 Å². The summed E-state index contributed by atoms with van der Waals surface area (Å²) >= 11 is 0. The van der Waals surface area contributed by atoms with Crippen LogP contribution in [0.25, 0.3) is 11.0 Å². The lowest BCUT2D eigenvalue weighted by Gasteiger charge is -2.32. The number of hydrogen-bond acceptors (Lipinski definition) is 4. The molecule has 2 heterocycles. The molecule has 5 nitrogen and oxygen atoms in total. The number of benzene rings is 1. The average Bonchev–Trinajstić information content (AvgIpc) is 3.45. The second kappa shape index (κ2) is 6.91. The minimum Gasteiger partial charge on any atom is -0.338 e. The molecule has 1 N–H and O–H groups in total. The van der Waals surface area contributed by atoms with Gasteiger partial charge >= 0.3 is 0 Å². The van der Waals surface area contributed by atoms with E-state index in [9.17, 15) is 9.18 Å². The Balaban J connectivity index is 1.52. The zero-order valence-corrected chi connectivity index (χ0v) is 15.4. The third kappa shape index (κ3) is 3.56. The first-order valence-electron chi connectivity index (χ1n) is 9.48. The molecule has 4 rings (SSSR count). The molecule has 0 radical (unpaired) electrons. The normalized spacial score (nSPS) is 18.5. The first-order valence-corrected chi connectivity index (χ1v) is 9.48. The number of amides is 1. The molecule has 1 saturated carbocycles. The topological polar surface area (TPSA) is 58.1 Å². The van der Waals surface area contributed by atoms with Crippen LogP contribution in [0.2, 0.25) is 0 Å². The van der Waals surface area contributed by atoms with E-state index in [1.165, 1.54) is 25.0 Å². The molecule has 138 valence electrons. The van der Waals surface area contributed by atoms with Crippen LogP contribution in [-0.4, -0.2) is 46.5 Å². The molecular weight excluding hydrogens is 331 g/mol. The number of carbonyl (C=O) groups is 1. The van der Waals surface area contributed by atoms with Crippen LogP contribution in [0.1, 0.15) is 47.4 Å². The zero-order valence-electron chi connectivity index (χ0n) is 15.4. The molecule has 2 aliphatic rings. The van der Waals surface area contributed by atoms with Crippen molar-refractivity contribution in [2.75, 3.05) is 19.6 Å². The molecule has 1 aliphatic heterocycles. The van der Waals surface area contributed by atoms with E-state index in [4.69, 9.17) is 0 Å². The molecular formula is C20H25FN4O. The predicted molar refractivity (Wildman–Crippen MR) is 98.6 cm³/mol. The number of likely N-dealkylation sites (tertiary alicyclic amines) is 1. The Morgan fingerprint density at radius 1 is 1.15 bits per heavy atom. The highest BCUT2D eigenvalue weighted by atomic mass is 19.1. The van der Waals surface area contributed by atoms with Crippen molar-refractivity contribution in [1.29, 1.82) is 0 Å². The predicted octanol–water partition coefficient (Wildman–Crippen LogP) is 2.99. The fourth-order valence-corrected chi connectivity index (χ4v) is 3.57. The summed E-state index contributed by atoms with van der Waals surface area (Å²) in [7, 11) is 0. The maximum atomic E-state index is 14.1. The van der Waals surface area contributed by atoms with Crippen LogP contribution in [0.5, 0.6) is 0 Å². The van der Waals surface area contributed by atoms with Gasteiger partial charge in [0.1, 0.15) is 11.3 Å². The molecule has 0 bridgehead atoms. The summed E-state index contributed by atoms with van der Waals surface area (Å²) in [4.78, 5) is 23.7. The van der Waals surface area contributed by atoms with E-state index in [2.05, 4.69) is 15.3 Å². The summed E-state index contributed by atoms with van der Waals surface area (Å²) in [6.07, 6.45) is 4.57. The minimum absolute atomic E-state index is 0.146. The van der Waals surface area contributed by atoms with Crippen LogP contribution in [-0.2, 0) is 0 Å². The maximum Gasteiger partial charge on any atom is 0.256 e. The largest absolute Gasteiger partial charge is 0.338 e. The third-order valence-electron chi connectivity index (χ3n) is 5.55. The highest BCUT2D eigenvalue weighted by Crippen LogP contribution is 2.28. The van der Waals surface area contributed by atoms with Crippen LogP contribution in [0.4, 0.5) is 4.39 Å². The van der Waals surface area contributed by atoms with E-state index >= 15 is 0 Å². The van der Waals surface area contributed by atoms with Crippen molar-refractivity contribution < 1.29 is 9.18 Å². The third-order valence-corrected chi connectivity index (χ3v) is 5.55. The summed E-state index contributed by atoms with van der Waals surface area (Å²) in [5, 5.41) is 3.61. The van der Waals surface area contributed by atoms with Gasteiger partial charge in [-0.05, 0) is 58.1 Å². The van der Waals surface area contributed by atoms with Crippen molar-refractivity contribution in [3.05, 3.63) is 34.9 Å². The summed E-state index contributed by atoms with van der Waals surface area (Å²) in [6.45, 7) is 6.18. The SMILES string of the molecule is Cc1nc2cc(F)cc(C(=O)N3CCC(NCC4CC4)CC3)c2nc1C. The Morgan fingerprint density at radius 2 is 1.85 bits per heavy atom. The molecule has 0 unspecified atom stereocenters. The summed E-state index contributed by atoms with van der Waals surface area (Å²) in [6, 6.07) is 3.12. The van der Waals surface area contributed by atoms with Gasteiger partial charge in [-0.3, -0.25) is 4.79 Å². The van der Waals surface area contributed by atoms with Crippen LogP contribution < -0.4 is 5.32 Å². The van der Waals surface area contributed by atoms with Crippen LogP contribution in [0.15, 0.2) is 12.1 Å². The quantitative estimate of drug-likeness (QED) is 0.915. The first kappa shape index (κ1) is 17.3. The first-order chi connectivity index (χ1) is 12.5. The number of carbonyl (C=O) groups excluding carboxylic acids is 1. The number of aryl methyl sites for hydroxylation is 2. The minimum atomic E-state index is -0.445. The lowest BCUT2D eigenvalue weighted by Crippen LogP contribution is -2.45. The van der Waals surface area contributed by atoms with Gasteiger partial charge in [-0.2, -0.15) is 0 Å². The molecule has 1 saturated heterocycles. The lowest BCUT2D eigenvalue weighted by atomic mass is 10.0. The number of nitrogens with one attached hydrogen (secondary N) is 1. The van der Waals surface area contributed by atoms with Crippen molar-refractivity contribution in [1.82, 2.24) is 20.2 Å². The Morgan fingerprint density at radius 3 is 2.54 bits per heavy atom. The van der Waals surface area contributed by atoms with Crippen molar-refractivity contribution in [2.45, 2.75) is 45.6 Å². The second-order valence-electron chi connectivity index (χ2n) is 7.63. The van der Waals surface area contributed by atoms with Gasteiger partial charge in [0.2, 0.25) is 0 Å². The summed E-state index contributed by atoms with van der Waals surface area (Å²) in [5.41, 5.74) is 2.77. The Labute approximate surface area is 153 Å². The van der Waals surface area contributed by atoms with Crippen molar-refractivity contribution in [3.63, 3.8) is 0 Å². The van der Waals surface area contributed by atoms with E-state index in [-0.39, 0.29) is 5.91 Å². The van der Waals surface area contributed by atoms with Crippen LogP contribution in [0, 0.1) is 25.6 Å². The van der Waals surface area contributed by atoms with Crippen LogP contribution >= 0.6 is 0 Å². The maximum absolute atomic E-state index is 14.1. The van der Waals surface area contributed by atoms with Gasteiger partial charge < -0.3 is 10.2 Å². The number of nitrogens with zero attached hydrogens (tertiary/aromatic N) is 3. The van der Waals surface area contributed by atoms with Gasteiger partial charge in [0, 0.05) is 25.2 Å². The lowest BCUT2D eigenvalue weighted by molar-refractivity contribution is 0.0706. The number of aromatic nitrogens is 2. The Bertz CT molecular complexity index is 841. The van der Waals surface area contributed by atoms with Crippen molar-refractivity contribution in [3.8, 4) is 0 Å². The van der Waals surface area contributed by atoms with Gasteiger partial charge in [0.15, 0.2) is 0 Å². The summed E-state index contributed by atoms with van der Waals surface area (Å²) in [5.74, 6) is 0.269. The fraction of sp³-hybridized carbons (Fsp3) is 0.550. The van der Waals surface area contributed by atoms with Crippen LogP contribution in [0.3, 0.4) is 0 Å². The number of hydrogen-bond donors (Lipinski definition) is 1. The molecule has 0 spiro atoms. The molecule has 2 fully saturated rings. The smallest absolute Gasteiger partial charge is 0.256 e. The monoisotopic (exact) mass is 356 g/mol. The molecule has 0 atom stereocenters. The van der Waals surface area contributed by atoms with Gasteiger partial charge in [0.25, 0.3) is 5.91 Å². The number of piperidine rings is 1. The molecule has 26 heavy (non-hydrogen) atoms. The molecule has 1 aromatic carbocycles. The summed E-state index contributed by atoms with van der Waals surface area (Å²) < 4.78 is 14.1. The highest BCUT2D eigenvalue weighted by Gasteiger charge is 2.27. The molecule has 1 aromatic heterocycles. The van der Waals surface area contributed by atoms with E-state index < -0.39 is 5.82 Å². The van der Waals surface area contributed by atoms with Crippen molar-refractivity contribution >= 4 is 16.9 Å². The number of rotatable bonds is 4. The van der Waals surface area contributed by atoms with Gasteiger partial charge in [-0.25, -0.2) is 14.4 Å². The van der Waals surface area contributed by atoms with Crippen molar-refractivity contribution in [2.24, 2.45) is 5.92 Å². The zero-order chi connectivity index (χ0) is 18.3. The standard InChI is InChI=1S/C20H25FN4O/c1-12-13(2)24-19-17(9-15(21)10-18(19)23-12)20(26)25-7-5-16(6-8-25)22-11-14-3-4-14/h9-10,14,16,22H,3-8,11H2,1-2H3. The average molecular weight is 356 g/mol. The van der Waals surface area contributed by atoms with Gasteiger partial charge in [-0.15, -0.1) is 0 Å². The second-order valence-corrected chi connectivity index (χ2v) is 7.63. The van der Waals surface area contributed by atoms with Gasteiger partial charge in [0.05, 0.1) is 22.5 Å². The molecule has 6 heteroatoms. The van der Waals surface area contributed by atoms with E-state index in [0.29, 0.717) is 35.7 Å².